The van der Waals surface area contributed by atoms with Crippen LogP contribution in [0.1, 0.15) is 38.5 Å². The first-order valence-electron chi connectivity index (χ1n) is 9.90. The summed E-state index contributed by atoms with van der Waals surface area (Å²) in [6, 6.07) is 0. The van der Waals surface area contributed by atoms with Crippen LogP contribution in [0.4, 0.5) is 5.82 Å². The predicted molar refractivity (Wildman–Crippen MR) is 97.1 cm³/mol. The summed E-state index contributed by atoms with van der Waals surface area (Å²) in [6.45, 7) is 7.20. The summed E-state index contributed by atoms with van der Waals surface area (Å²) in [5.41, 5.74) is 0. The Balaban J connectivity index is 1.31. The molecule has 2 saturated heterocycles. The molecule has 0 radical (unpaired) electrons. The third-order valence-corrected chi connectivity index (χ3v) is 5.67. The summed E-state index contributed by atoms with van der Waals surface area (Å²) in [7, 11) is 0. The molecule has 1 unspecified atom stereocenters. The molecule has 3 fully saturated rings. The van der Waals surface area contributed by atoms with Crippen LogP contribution in [-0.4, -0.2) is 66.9 Å². The van der Waals surface area contributed by atoms with Crippen LogP contribution in [0.2, 0.25) is 0 Å². The normalized spacial score (nSPS) is 26.1. The fourth-order valence-corrected chi connectivity index (χ4v) is 4.24. The molecule has 0 amide bonds. The highest BCUT2D eigenvalue weighted by molar-refractivity contribution is 5.39. The largest absolute Gasteiger partial charge is 0.473 e. The molecule has 25 heavy (non-hydrogen) atoms. The maximum absolute atomic E-state index is 6.08. The topological polar surface area (TPSA) is 50.7 Å². The summed E-state index contributed by atoms with van der Waals surface area (Å²) in [6.07, 6.45) is 11.4. The Morgan fingerprint density at radius 3 is 2.72 bits per heavy atom. The second-order valence-corrected chi connectivity index (χ2v) is 7.61. The van der Waals surface area contributed by atoms with Crippen LogP contribution in [0.3, 0.4) is 0 Å². The van der Waals surface area contributed by atoms with Crippen LogP contribution in [0.25, 0.3) is 0 Å². The second kappa shape index (κ2) is 8.32. The minimum atomic E-state index is 0.325. The number of aromatic nitrogens is 2. The quantitative estimate of drug-likeness (QED) is 0.816. The van der Waals surface area contributed by atoms with Crippen molar-refractivity contribution in [1.82, 2.24) is 14.9 Å². The third-order valence-electron chi connectivity index (χ3n) is 5.67. The van der Waals surface area contributed by atoms with E-state index in [-0.39, 0.29) is 0 Å². The average molecular weight is 346 g/mol. The van der Waals surface area contributed by atoms with Crippen molar-refractivity contribution >= 4 is 5.82 Å². The molecule has 0 aromatic carbocycles. The monoisotopic (exact) mass is 346 g/mol. The van der Waals surface area contributed by atoms with E-state index in [1.54, 1.807) is 6.20 Å². The molecule has 4 rings (SSSR count). The molecule has 6 nitrogen and oxygen atoms in total. The minimum absolute atomic E-state index is 0.325. The SMILES string of the molecule is c1ncc(N2CCC(CN3CCOCC3)C2)nc1OC1CCCCC1. The van der Waals surface area contributed by atoms with Crippen LogP contribution in [0, 0.1) is 5.92 Å². The molecule has 0 spiro atoms. The highest BCUT2D eigenvalue weighted by Gasteiger charge is 2.26. The van der Waals surface area contributed by atoms with E-state index < -0.39 is 0 Å². The molecule has 2 aliphatic heterocycles. The van der Waals surface area contributed by atoms with Crippen molar-refractivity contribution in [3.05, 3.63) is 12.4 Å². The molecule has 0 bridgehead atoms. The molecule has 138 valence electrons. The summed E-state index contributed by atoms with van der Waals surface area (Å²) < 4.78 is 11.5. The maximum Gasteiger partial charge on any atom is 0.234 e. The van der Waals surface area contributed by atoms with Crippen molar-refractivity contribution in [2.75, 3.05) is 50.8 Å². The van der Waals surface area contributed by atoms with Gasteiger partial charge in [-0.25, -0.2) is 0 Å². The zero-order valence-electron chi connectivity index (χ0n) is 15.1. The van der Waals surface area contributed by atoms with Gasteiger partial charge in [0.15, 0.2) is 5.82 Å². The van der Waals surface area contributed by atoms with E-state index in [0.29, 0.717) is 17.9 Å². The van der Waals surface area contributed by atoms with Crippen LogP contribution < -0.4 is 9.64 Å². The van der Waals surface area contributed by atoms with E-state index in [1.807, 2.05) is 6.20 Å². The zero-order chi connectivity index (χ0) is 16.9. The standard InChI is InChI=1S/C19H30N4O2/c1-2-4-17(5-3-1)25-19-13-20-12-18(21-19)23-7-6-16(15-23)14-22-8-10-24-11-9-22/h12-13,16-17H,1-11,14-15H2. The second-order valence-electron chi connectivity index (χ2n) is 7.61. The maximum atomic E-state index is 6.08. The predicted octanol–water partition coefficient (Wildman–Crippen LogP) is 2.35. The van der Waals surface area contributed by atoms with Gasteiger partial charge in [-0.3, -0.25) is 9.88 Å². The number of hydrogen-bond donors (Lipinski definition) is 0. The molecule has 1 atom stereocenters. The molecule has 6 heteroatoms. The van der Waals surface area contributed by atoms with Gasteiger partial charge in [-0.15, -0.1) is 0 Å². The zero-order valence-corrected chi connectivity index (χ0v) is 15.1. The molecule has 3 aliphatic rings. The van der Waals surface area contributed by atoms with E-state index in [0.717, 1.165) is 58.1 Å². The first-order chi connectivity index (χ1) is 12.4. The number of anilines is 1. The van der Waals surface area contributed by atoms with E-state index in [2.05, 4.69) is 14.8 Å². The summed E-state index contributed by atoms with van der Waals surface area (Å²) in [5, 5.41) is 0. The van der Waals surface area contributed by atoms with Crippen LogP contribution in [0.15, 0.2) is 12.4 Å². The lowest BCUT2D eigenvalue weighted by molar-refractivity contribution is 0.0320. The minimum Gasteiger partial charge on any atom is -0.473 e. The Morgan fingerprint density at radius 1 is 1.04 bits per heavy atom. The molecule has 0 N–H and O–H groups in total. The van der Waals surface area contributed by atoms with Crippen molar-refractivity contribution < 1.29 is 9.47 Å². The summed E-state index contributed by atoms with van der Waals surface area (Å²) in [5.74, 6) is 2.38. The number of nitrogens with zero attached hydrogens (tertiary/aromatic N) is 4. The Kier molecular flexibility index (Phi) is 5.67. The fourth-order valence-electron chi connectivity index (χ4n) is 4.24. The van der Waals surface area contributed by atoms with Crippen molar-refractivity contribution in [1.29, 1.82) is 0 Å². The van der Waals surface area contributed by atoms with Gasteiger partial charge in [0.05, 0.1) is 25.6 Å². The van der Waals surface area contributed by atoms with Gasteiger partial charge in [-0.1, -0.05) is 6.42 Å². The van der Waals surface area contributed by atoms with Gasteiger partial charge in [-0.2, -0.15) is 4.98 Å². The summed E-state index contributed by atoms with van der Waals surface area (Å²) in [4.78, 5) is 14.0. The third kappa shape index (κ3) is 4.61. The van der Waals surface area contributed by atoms with E-state index in [1.165, 1.54) is 32.2 Å². The molecule has 1 saturated carbocycles. The van der Waals surface area contributed by atoms with Crippen molar-refractivity contribution in [2.45, 2.75) is 44.6 Å². The van der Waals surface area contributed by atoms with E-state index in [9.17, 15) is 0 Å². The number of morpholine rings is 1. The molecule has 1 aromatic rings. The van der Waals surface area contributed by atoms with Gasteiger partial charge >= 0.3 is 0 Å². The lowest BCUT2D eigenvalue weighted by Crippen LogP contribution is -2.39. The summed E-state index contributed by atoms with van der Waals surface area (Å²) >= 11 is 0. The lowest BCUT2D eigenvalue weighted by Gasteiger charge is -2.29. The van der Waals surface area contributed by atoms with Crippen LogP contribution in [-0.2, 0) is 4.74 Å². The lowest BCUT2D eigenvalue weighted by atomic mass is 9.98. The molecular weight excluding hydrogens is 316 g/mol. The van der Waals surface area contributed by atoms with Crippen molar-refractivity contribution in [3.8, 4) is 5.88 Å². The van der Waals surface area contributed by atoms with Gasteiger partial charge in [0.25, 0.3) is 0 Å². The van der Waals surface area contributed by atoms with Crippen molar-refractivity contribution in [2.24, 2.45) is 5.92 Å². The van der Waals surface area contributed by atoms with Gasteiger partial charge in [-0.05, 0) is 38.0 Å². The Bertz CT molecular complexity index is 544. The average Bonchev–Trinajstić information content (AvgIpc) is 3.12. The molecular formula is C19H30N4O2. The van der Waals surface area contributed by atoms with Crippen LogP contribution >= 0.6 is 0 Å². The van der Waals surface area contributed by atoms with Gasteiger partial charge in [0, 0.05) is 32.7 Å². The van der Waals surface area contributed by atoms with Crippen LogP contribution in [0.5, 0.6) is 5.88 Å². The Morgan fingerprint density at radius 2 is 1.88 bits per heavy atom. The van der Waals surface area contributed by atoms with Crippen molar-refractivity contribution in [3.63, 3.8) is 0 Å². The molecule has 1 aromatic heterocycles. The van der Waals surface area contributed by atoms with Gasteiger partial charge < -0.3 is 14.4 Å². The highest BCUT2D eigenvalue weighted by atomic mass is 16.5. The Hall–Kier alpha value is -1.40. The first kappa shape index (κ1) is 17.0. The smallest absolute Gasteiger partial charge is 0.234 e. The van der Waals surface area contributed by atoms with E-state index >= 15 is 0 Å². The molecule has 1 aliphatic carbocycles. The van der Waals surface area contributed by atoms with Gasteiger partial charge in [0.2, 0.25) is 5.88 Å². The van der Waals surface area contributed by atoms with E-state index in [4.69, 9.17) is 14.5 Å². The number of hydrogen-bond acceptors (Lipinski definition) is 6. The fraction of sp³-hybridized carbons (Fsp3) is 0.789. The Labute approximate surface area is 150 Å². The number of rotatable bonds is 5. The van der Waals surface area contributed by atoms with Gasteiger partial charge in [0.1, 0.15) is 6.10 Å². The highest BCUT2D eigenvalue weighted by Crippen LogP contribution is 2.26. The first-order valence-corrected chi connectivity index (χ1v) is 9.90. The molecule has 3 heterocycles. The number of ether oxygens (including phenoxy) is 2.